The molecule has 0 N–H and O–H groups in total. The molecule has 0 bridgehead atoms. The summed E-state index contributed by atoms with van der Waals surface area (Å²) in [5.74, 6) is 0. The van der Waals surface area contributed by atoms with Gasteiger partial charge in [0.25, 0.3) is 0 Å². The average molecular weight is 189 g/mol. The highest BCUT2D eigenvalue weighted by atomic mass is 35.5. The van der Waals surface area contributed by atoms with Crippen molar-refractivity contribution in [1.82, 2.24) is 0 Å². The van der Waals surface area contributed by atoms with E-state index in [1.54, 1.807) is 11.3 Å². The molecule has 0 saturated carbocycles. The highest BCUT2D eigenvalue weighted by molar-refractivity contribution is 7.11. The van der Waals surface area contributed by atoms with E-state index < -0.39 is 0 Å². The molecule has 0 atom stereocenters. The van der Waals surface area contributed by atoms with E-state index >= 15 is 0 Å². The van der Waals surface area contributed by atoms with Crippen LogP contribution >= 0.6 is 22.9 Å². The third-order valence-electron chi connectivity index (χ3n) is 1.58. The van der Waals surface area contributed by atoms with Crippen molar-refractivity contribution in [3.8, 4) is 0 Å². The summed E-state index contributed by atoms with van der Waals surface area (Å²) < 4.78 is 0. The zero-order chi connectivity index (χ0) is 8.65. The van der Waals surface area contributed by atoms with Gasteiger partial charge in [-0.25, -0.2) is 0 Å². The minimum Gasteiger partial charge on any atom is -0.146 e. The molecule has 1 heterocycles. The number of hydrogen-bond acceptors (Lipinski definition) is 1. The number of rotatable bonds is 0. The van der Waals surface area contributed by atoms with E-state index in [4.69, 9.17) is 11.6 Å². The van der Waals surface area contributed by atoms with Gasteiger partial charge in [-0.2, -0.15) is 0 Å². The summed E-state index contributed by atoms with van der Waals surface area (Å²) in [4.78, 5) is 1.29. The van der Waals surface area contributed by atoms with Crippen LogP contribution in [0.1, 0.15) is 31.2 Å². The zero-order valence-electron chi connectivity index (χ0n) is 7.36. The molecule has 0 nitrogen and oxygen atoms in total. The molecule has 2 heteroatoms. The zero-order valence-corrected chi connectivity index (χ0v) is 8.94. The van der Waals surface area contributed by atoms with Crippen molar-refractivity contribution in [3.63, 3.8) is 0 Å². The lowest BCUT2D eigenvalue weighted by atomic mass is 9.94. The first kappa shape index (κ1) is 9.08. The highest BCUT2D eigenvalue weighted by Gasteiger charge is 2.19. The summed E-state index contributed by atoms with van der Waals surface area (Å²) in [6.45, 7) is 8.60. The Balaban J connectivity index is 3.15. The lowest BCUT2D eigenvalue weighted by Crippen LogP contribution is -2.08. The average Bonchev–Trinajstić information content (AvgIpc) is 2.11. The van der Waals surface area contributed by atoms with Gasteiger partial charge in [-0.15, -0.1) is 11.3 Å². The van der Waals surface area contributed by atoms with Crippen molar-refractivity contribution in [3.05, 3.63) is 20.8 Å². The molecule has 0 aliphatic carbocycles. The third-order valence-corrected chi connectivity index (χ3v) is 3.70. The monoisotopic (exact) mass is 188 g/mol. The highest BCUT2D eigenvalue weighted by Crippen LogP contribution is 2.36. The minimum absolute atomic E-state index is 0.190. The maximum atomic E-state index is 6.10. The van der Waals surface area contributed by atoms with Crippen LogP contribution in [0.25, 0.3) is 0 Å². The van der Waals surface area contributed by atoms with E-state index in [0.717, 1.165) is 5.02 Å². The lowest BCUT2D eigenvalue weighted by molar-refractivity contribution is 0.604. The first-order chi connectivity index (χ1) is 4.93. The summed E-state index contributed by atoms with van der Waals surface area (Å²) in [5, 5.41) is 3.06. The van der Waals surface area contributed by atoms with Gasteiger partial charge >= 0.3 is 0 Å². The molecule has 0 aromatic carbocycles. The van der Waals surface area contributed by atoms with E-state index in [2.05, 4.69) is 26.2 Å². The standard InChI is InChI=1S/C9H13ClS/c1-6-5-11-8(7(6)10)9(2,3)4/h5H,1-4H3. The maximum absolute atomic E-state index is 6.10. The van der Waals surface area contributed by atoms with Crippen LogP contribution in [0.2, 0.25) is 5.02 Å². The van der Waals surface area contributed by atoms with Gasteiger partial charge in [-0.3, -0.25) is 0 Å². The second-order valence-electron chi connectivity index (χ2n) is 3.81. The van der Waals surface area contributed by atoms with Gasteiger partial charge < -0.3 is 0 Å². The Hall–Kier alpha value is -0.0100. The van der Waals surface area contributed by atoms with Crippen LogP contribution in [0.3, 0.4) is 0 Å². The van der Waals surface area contributed by atoms with Gasteiger partial charge in [0.1, 0.15) is 0 Å². The quantitative estimate of drug-likeness (QED) is 0.577. The van der Waals surface area contributed by atoms with E-state index in [1.807, 2.05) is 6.92 Å². The van der Waals surface area contributed by atoms with Gasteiger partial charge in [0.2, 0.25) is 0 Å². The summed E-state index contributed by atoms with van der Waals surface area (Å²) >= 11 is 7.85. The first-order valence-corrected chi connectivity index (χ1v) is 4.93. The lowest BCUT2D eigenvalue weighted by Gasteiger charge is -2.16. The summed E-state index contributed by atoms with van der Waals surface area (Å²) in [5.41, 5.74) is 1.39. The smallest absolute Gasteiger partial charge is 0.0579 e. The predicted octanol–water partition coefficient (Wildman–Crippen LogP) is 4.01. The summed E-state index contributed by atoms with van der Waals surface area (Å²) in [7, 11) is 0. The van der Waals surface area contributed by atoms with Crippen LogP contribution in [-0.4, -0.2) is 0 Å². The molecule has 0 amide bonds. The fourth-order valence-electron chi connectivity index (χ4n) is 0.936. The molecule has 0 aliphatic rings. The van der Waals surface area contributed by atoms with Gasteiger partial charge in [0.15, 0.2) is 0 Å². The Morgan fingerprint density at radius 1 is 1.36 bits per heavy atom. The van der Waals surface area contributed by atoms with Crippen molar-refractivity contribution in [1.29, 1.82) is 0 Å². The van der Waals surface area contributed by atoms with Crippen molar-refractivity contribution in [2.24, 2.45) is 0 Å². The molecular weight excluding hydrogens is 176 g/mol. The molecule has 1 aromatic rings. The number of halogens is 1. The number of hydrogen-bond donors (Lipinski definition) is 0. The van der Waals surface area contributed by atoms with E-state index in [0.29, 0.717) is 0 Å². The summed E-state index contributed by atoms with van der Waals surface area (Å²) in [6.07, 6.45) is 0. The maximum Gasteiger partial charge on any atom is 0.0579 e. The fourth-order valence-corrected chi connectivity index (χ4v) is 2.50. The molecule has 1 aromatic heterocycles. The van der Waals surface area contributed by atoms with E-state index in [1.165, 1.54) is 10.4 Å². The second-order valence-corrected chi connectivity index (χ2v) is 5.07. The van der Waals surface area contributed by atoms with Crippen LogP contribution < -0.4 is 0 Å². The van der Waals surface area contributed by atoms with Crippen LogP contribution in [0, 0.1) is 6.92 Å². The molecule has 1 rings (SSSR count). The van der Waals surface area contributed by atoms with Crippen molar-refractivity contribution in [2.45, 2.75) is 33.1 Å². The molecule has 0 saturated heterocycles. The predicted molar refractivity (Wildman–Crippen MR) is 52.8 cm³/mol. The topological polar surface area (TPSA) is 0 Å². The number of aryl methyl sites for hydroxylation is 1. The van der Waals surface area contributed by atoms with Gasteiger partial charge in [0.05, 0.1) is 5.02 Å². The Morgan fingerprint density at radius 2 is 1.91 bits per heavy atom. The van der Waals surface area contributed by atoms with Gasteiger partial charge in [-0.05, 0) is 23.3 Å². The number of thiophene rings is 1. The van der Waals surface area contributed by atoms with Crippen LogP contribution in [0.5, 0.6) is 0 Å². The van der Waals surface area contributed by atoms with Crippen LogP contribution in [0.4, 0.5) is 0 Å². The molecule has 0 aliphatic heterocycles. The van der Waals surface area contributed by atoms with Crippen LogP contribution in [-0.2, 0) is 5.41 Å². The van der Waals surface area contributed by atoms with Crippen molar-refractivity contribution >= 4 is 22.9 Å². The SMILES string of the molecule is Cc1csc(C(C)(C)C)c1Cl. The normalized spacial score (nSPS) is 12.1. The molecule has 62 valence electrons. The Kier molecular flexibility index (Phi) is 2.31. The third kappa shape index (κ3) is 1.77. The van der Waals surface area contributed by atoms with Crippen LogP contribution in [0.15, 0.2) is 5.38 Å². The fraction of sp³-hybridized carbons (Fsp3) is 0.556. The first-order valence-electron chi connectivity index (χ1n) is 3.67. The Bertz CT molecular complexity index is 255. The van der Waals surface area contributed by atoms with Gasteiger partial charge in [-0.1, -0.05) is 32.4 Å². The minimum atomic E-state index is 0.190. The summed E-state index contributed by atoms with van der Waals surface area (Å²) in [6, 6.07) is 0. The molecule has 0 spiro atoms. The Morgan fingerprint density at radius 3 is 2.09 bits per heavy atom. The second kappa shape index (κ2) is 2.80. The van der Waals surface area contributed by atoms with Gasteiger partial charge in [0, 0.05) is 4.88 Å². The molecule has 0 radical (unpaired) electrons. The van der Waals surface area contributed by atoms with Crippen molar-refractivity contribution in [2.75, 3.05) is 0 Å². The van der Waals surface area contributed by atoms with E-state index in [9.17, 15) is 0 Å². The molecular formula is C9H13ClS. The Labute approximate surface area is 77.2 Å². The molecule has 0 unspecified atom stereocenters. The van der Waals surface area contributed by atoms with Crippen molar-refractivity contribution < 1.29 is 0 Å². The van der Waals surface area contributed by atoms with E-state index in [-0.39, 0.29) is 5.41 Å². The molecule has 0 fully saturated rings. The largest absolute Gasteiger partial charge is 0.146 e. The molecule has 11 heavy (non-hydrogen) atoms.